The van der Waals surface area contributed by atoms with E-state index >= 15 is 0 Å². The van der Waals surface area contributed by atoms with Gasteiger partial charge in [0.25, 0.3) is 5.91 Å². The summed E-state index contributed by atoms with van der Waals surface area (Å²) < 4.78 is 0. The molecule has 0 radical (unpaired) electrons. The summed E-state index contributed by atoms with van der Waals surface area (Å²) >= 11 is 11.8. The van der Waals surface area contributed by atoms with Crippen LogP contribution in [0.5, 0.6) is 0 Å². The summed E-state index contributed by atoms with van der Waals surface area (Å²) in [4.78, 5) is 31.5. The third-order valence-corrected chi connectivity index (χ3v) is 4.13. The molecule has 21 heavy (non-hydrogen) atoms. The summed E-state index contributed by atoms with van der Waals surface area (Å²) in [5.74, 6) is -0.0623. The second-order valence-electron chi connectivity index (χ2n) is 5.29. The van der Waals surface area contributed by atoms with Gasteiger partial charge in [-0.25, -0.2) is 4.98 Å². The third kappa shape index (κ3) is 3.66. The predicted octanol–water partition coefficient (Wildman–Crippen LogP) is 2.33. The number of nitrogens with zero attached hydrogens (tertiary/aromatic N) is 3. The Morgan fingerprint density at radius 1 is 1.29 bits per heavy atom. The summed E-state index contributed by atoms with van der Waals surface area (Å²) in [5.41, 5.74) is 0.356. The Morgan fingerprint density at radius 2 is 1.90 bits per heavy atom. The zero-order valence-electron chi connectivity index (χ0n) is 12.0. The van der Waals surface area contributed by atoms with E-state index in [-0.39, 0.29) is 27.9 Å². The van der Waals surface area contributed by atoms with E-state index in [0.717, 1.165) is 0 Å². The second kappa shape index (κ2) is 6.62. The standard InChI is InChI=1S/C14H17Cl2N3O2/c1-18(2)13(20)9-3-5-19(6-4-9)14(21)10-7-12(16)17-8-11(10)15/h7-9H,3-6H2,1-2H3. The van der Waals surface area contributed by atoms with Crippen molar-refractivity contribution in [2.24, 2.45) is 5.92 Å². The number of rotatable bonds is 2. The van der Waals surface area contributed by atoms with E-state index in [1.54, 1.807) is 23.9 Å². The lowest BCUT2D eigenvalue weighted by Gasteiger charge is -2.32. The van der Waals surface area contributed by atoms with Gasteiger partial charge in [0.05, 0.1) is 10.6 Å². The molecule has 0 bridgehead atoms. The van der Waals surface area contributed by atoms with Crippen LogP contribution < -0.4 is 0 Å². The number of hydrogen-bond donors (Lipinski definition) is 0. The molecule has 0 unspecified atom stereocenters. The summed E-state index contributed by atoms with van der Waals surface area (Å²) in [6, 6.07) is 1.48. The summed E-state index contributed by atoms with van der Waals surface area (Å²) in [7, 11) is 3.50. The van der Waals surface area contributed by atoms with Crippen molar-refractivity contribution in [2.45, 2.75) is 12.8 Å². The summed E-state index contributed by atoms with van der Waals surface area (Å²) in [5, 5.41) is 0.524. The largest absolute Gasteiger partial charge is 0.349 e. The van der Waals surface area contributed by atoms with Gasteiger partial charge in [0.1, 0.15) is 5.15 Å². The molecule has 2 rings (SSSR count). The van der Waals surface area contributed by atoms with E-state index in [4.69, 9.17) is 23.2 Å². The van der Waals surface area contributed by atoms with Gasteiger partial charge in [0, 0.05) is 39.3 Å². The molecule has 2 amide bonds. The van der Waals surface area contributed by atoms with Crippen LogP contribution in [0, 0.1) is 5.92 Å². The predicted molar refractivity (Wildman–Crippen MR) is 81.6 cm³/mol. The van der Waals surface area contributed by atoms with Crippen molar-refractivity contribution < 1.29 is 9.59 Å². The van der Waals surface area contributed by atoms with Gasteiger partial charge < -0.3 is 9.80 Å². The van der Waals surface area contributed by atoms with Gasteiger partial charge in [0.2, 0.25) is 5.91 Å². The van der Waals surface area contributed by atoms with E-state index in [1.165, 1.54) is 12.3 Å². The maximum atomic E-state index is 12.4. The minimum atomic E-state index is -0.167. The van der Waals surface area contributed by atoms with Gasteiger partial charge in [-0.05, 0) is 18.9 Å². The number of pyridine rings is 1. The van der Waals surface area contributed by atoms with Crippen LogP contribution in [0.2, 0.25) is 10.2 Å². The Morgan fingerprint density at radius 3 is 2.48 bits per heavy atom. The number of halogens is 2. The Kier molecular flexibility index (Phi) is 5.06. The first-order chi connectivity index (χ1) is 9.90. The highest BCUT2D eigenvalue weighted by Gasteiger charge is 2.29. The van der Waals surface area contributed by atoms with Crippen LogP contribution in [0.3, 0.4) is 0 Å². The van der Waals surface area contributed by atoms with Gasteiger partial charge >= 0.3 is 0 Å². The molecule has 1 aromatic heterocycles. The average Bonchev–Trinajstić information content (AvgIpc) is 2.48. The zero-order chi connectivity index (χ0) is 15.6. The van der Waals surface area contributed by atoms with Crippen LogP contribution in [0.15, 0.2) is 12.3 Å². The lowest BCUT2D eigenvalue weighted by atomic mass is 9.95. The molecule has 1 aliphatic rings. The van der Waals surface area contributed by atoms with E-state index in [2.05, 4.69) is 4.98 Å². The molecule has 0 saturated carbocycles. The molecule has 1 saturated heterocycles. The van der Waals surface area contributed by atoms with Crippen molar-refractivity contribution in [3.8, 4) is 0 Å². The van der Waals surface area contributed by atoms with Crippen molar-refractivity contribution in [1.82, 2.24) is 14.8 Å². The molecule has 1 fully saturated rings. The highest BCUT2D eigenvalue weighted by atomic mass is 35.5. The fraction of sp³-hybridized carbons (Fsp3) is 0.500. The Balaban J connectivity index is 2.03. The van der Waals surface area contributed by atoms with Crippen LogP contribution in [-0.2, 0) is 4.79 Å². The SMILES string of the molecule is CN(C)C(=O)C1CCN(C(=O)c2cc(Cl)ncc2Cl)CC1. The van der Waals surface area contributed by atoms with E-state index < -0.39 is 0 Å². The highest BCUT2D eigenvalue weighted by Crippen LogP contribution is 2.24. The Hall–Kier alpha value is -1.33. The molecule has 1 aliphatic heterocycles. The molecule has 0 spiro atoms. The number of carbonyl (C=O) groups excluding carboxylic acids is 2. The van der Waals surface area contributed by atoms with Crippen molar-refractivity contribution in [3.63, 3.8) is 0 Å². The molecule has 0 aliphatic carbocycles. The van der Waals surface area contributed by atoms with Crippen LogP contribution in [0.4, 0.5) is 0 Å². The van der Waals surface area contributed by atoms with E-state index in [9.17, 15) is 9.59 Å². The lowest BCUT2D eigenvalue weighted by Crippen LogP contribution is -2.42. The van der Waals surface area contributed by atoms with Crippen LogP contribution >= 0.6 is 23.2 Å². The summed E-state index contributed by atoms with van der Waals surface area (Å²) in [6.07, 6.45) is 2.71. The molecule has 0 atom stereocenters. The number of hydrogen-bond acceptors (Lipinski definition) is 3. The number of piperidine rings is 1. The van der Waals surface area contributed by atoms with Gasteiger partial charge in [-0.1, -0.05) is 23.2 Å². The molecule has 5 nitrogen and oxygen atoms in total. The Labute approximate surface area is 133 Å². The summed E-state index contributed by atoms with van der Waals surface area (Å²) in [6.45, 7) is 1.08. The first-order valence-electron chi connectivity index (χ1n) is 6.71. The van der Waals surface area contributed by atoms with Crippen molar-refractivity contribution >= 4 is 35.0 Å². The number of likely N-dealkylation sites (tertiary alicyclic amines) is 1. The van der Waals surface area contributed by atoms with Crippen LogP contribution in [-0.4, -0.2) is 53.8 Å². The van der Waals surface area contributed by atoms with Crippen LogP contribution in [0.1, 0.15) is 23.2 Å². The fourth-order valence-corrected chi connectivity index (χ4v) is 2.78. The van der Waals surface area contributed by atoms with Crippen LogP contribution in [0.25, 0.3) is 0 Å². The molecular weight excluding hydrogens is 313 g/mol. The third-order valence-electron chi connectivity index (χ3n) is 3.62. The molecule has 0 aromatic carbocycles. The van der Waals surface area contributed by atoms with E-state index in [1.807, 2.05) is 0 Å². The monoisotopic (exact) mass is 329 g/mol. The van der Waals surface area contributed by atoms with Gasteiger partial charge in [0.15, 0.2) is 0 Å². The molecular formula is C14H17Cl2N3O2. The number of carbonyl (C=O) groups is 2. The van der Waals surface area contributed by atoms with Gasteiger partial charge in [-0.3, -0.25) is 9.59 Å². The molecule has 114 valence electrons. The van der Waals surface area contributed by atoms with E-state index in [0.29, 0.717) is 31.5 Å². The molecule has 0 N–H and O–H groups in total. The lowest BCUT2D eigenvalue weighted by molar-refractivity contribution is -0.134. The Bertz CT molecular complexity index is 555. The van der Waals surface area contributed by atoms with Crippen molar-refractivity contribution in [3.05, 3.63) is 28.0 Å². The number of aromatic nitrogens is 1. The minimum Gasteiger partial charge on any atom is -0.349 e. The average molecular weight is 330 g/mol. The second-order valence-corrected chi connectivity index (χ2v) is 6.08. The fourth-order valence-electron chi connectivity index (χ4n) is 2.44. The minimum absolute atomic E-state index is 0.0134. The normalized spacial score (nSPS) is 15.9. The topological polar surface area (TPSA) is 53.5 Å². The molecule has 1 aromatic rings. The molecule has 7 heteroatoms. The van der Waals surface area contributed by atoms with Crippen molar-refractivity contribution in [1.29, 1.82) is 0 Å². The highest BCUT2D eigenvalue weighted by molar-refractivity contribution is 6.35. The maximum absolute atomic E-state index is 12.4. The quantitative estimate of drug-likeness (QED) is 0.782. The maximum Gasteiger partial charge on any atom is 0.255 e. The smallest absolute Gasteiger partial charge is 0.255 e. The van der Waals surface area contributed by atoms with Crippen molar-refractivity contribution in [2.75, 3.05) is 27.2 Å². The first kappa shape index (κ1) is 16.0. The van der Waals surface area contributed by atoms with Gasteiger partial charge in [-0.2, -0.15) is 0 Å². The molecule has 2 heterocycles. The van der Waals surface area contributed by atoms with Gasteiger partial charge in [-0.15, -0.1) is 0 Å². The zero-order valence-corrected chi connectivity index (χ0v) is 13.5. The first-order valence-corrected chi connectivity index (χ1v) is 7.47. The number of amides is 2.